The van der Waals surface area contributed by atoms with E-state index in [2.05, 4.69) is 31.3 Å². The van der Waals surface area contributed by atoms with Crippen LogP contribution < -0.4 is 15.6 Å². The van der Waals surface area contributed by atoms with Crippen molar-refractivity contribution in [3.8, 4) is 5.75 Å². The van der Waals surface area contributed by atoms with Gasteiger partial charge in [-0.25, -0.2) is 9.37 Å². The second-order valence-electron chi connectivity index (χ2n) is 8.31. The number of ether oxygens (including phenoxy) is 1. The molecule has 1 heterocycles. The van der Waals surface area contributed by atoms with E-state index in [1.54, 1.807) is 24.3 Å². The number of nitrogens with one attached hydrogen (secondary N) is 1. The molecule has 7 nitrogen and oxygen atoms in total. The van der Waals surface area contributed by atoms with Crippen molar-refractivity contribution >= 4 is 67.8 Å². The third-order valence-electron chi connectivity index (χ3n) is 5.17. The number of benzene rings is 3. The van der Waals surface area contributed by atoms with E-state index < -0.39 is 11.7 Å². The summed E-state index contributed by atoms with van der Waals surface area (Å²) in [6, 6.07) is 13.7. The van der Waals surface area contributed by atoms with E-state index in [1.807, 2.05) is 19.9 Å². The Hall–Kier alpha value is -3.27. The summed E-state index contributed by atoms with van der Waals surface area (Å²) in [7, 11) is 0. The first kappa shape index (κ1) is 26.8. The summed E-state index contributed by atoms with van der Waals surface area (Å²) in [6.45, 7) is 3.48. The Morgan fingerprint density at radius 1 is 1.16 bits per heavy atom. The van der Waals surface area contributed by atoms with Crippen molar-refractivity contribution in [2.75, 3.05) is 11.9 Å². The topological polar surface area (TPSA) is 85.6 Å². The molecule has 0 saturated heterocycles. The van der Waals surface area contributed by atoms with E-state index in [0.717, 1.165) is 4.47 Å². The molecule has 0 aliphatic rings. The molecular formula is C26H20BrCl2FN4O3. The number of anilines is 1. The maximum absolute atomic E-state index is 13.2. The molecule has 4 rings (SSSR count). The molecule has 37 heavy (non-hydrogen) atoms. The predicted molar refractivity (Wildman–Crippen MR) is 148 cm³/mol. The number of carbonyl (C=O) groups excluding carboxylic acids is 1. The molecule has 3 aromatic carbocycles. The highest BCUT2D eigenvalue weighted by Gasteiger charge is 2.15. The SMILES string of the molecule is CC(C)c1nc2ccc(Br)cc2c(=O)n1N=Cc1cc(Cl)c(OCC(=O)Nc2ccc(F)cc2)c(Cl)c1. The second-order valence-corrected chi connectivity index (χ2v) is 10.0. The Bertz CT molecular complexity index is 1550. The predicted octanol–water partition coefficient (Wildman–Crippen LogP) is 6.63. The van der Waals surface area contributed by atoms with E-state index >= 15 is 0 Å². The van der Waals surface area contributed by atoms with Gasteiger partial charge in [-0.2, -0.15) is 9.78 Å². The van der Waals surface area contributed by atoms with Crippen molar-refractivity contribution in [1.82, 2.24) is 9.66 Å². The van der Waals surface area contributed by atoms with Crippen LogP contribution in [0.1, 0.15) is 31.2 Å². The zero-order valence-electron chi connectivity index (χ0n) is 19.6. The summed E-state index contributed by atoms with van der Waals surface area (Å²) >= 11 is 16.1. The van der Waals surface area contributed by atoms with Crippen LogP contribution in [0.2, 0.25) is 10.0 Å². The number of halogens is 4. The van der Waals surface area contributed by atoms with Gasteiger partial charge in [0.2, 0.25) is 0 Å². The van der Waals surface area contributed by atoms with Gasteiger partial charge in [0.05, 0.1) is 27.2 Å². The lowest BCUT2D eigenvalue weighted by Gasteiger charge is -2.12. The second kappa shape index (κ2) is 11.4. The molecule has 0 spiro atoms. The van der Waals surface area contributed by atoms with Crippen LogP contribution in [0.15, 0.2) is 69.0 Å². The molecule has 0 radical (unpaired) electrons. The minimum absolute atomic E-state index is 0.0677. The zero-order chi connectivity index (χ0) is 26.7. The maximum atomic E-state index is 13.2. The van der Waals surface area contributed by atoms with Crippen LogP contribution in [0.5, 0.6) is 5.75 Å². The third-order valence-corrected chi connectivity index (χ3v) is 6.22. The highest BCUT2D eigenvalue weighted by molar-refractivity contribution is 9.10. The summed E-state index contributed by atoms with van der Waals surface area (Å²) in [5.41, 5.74) is 1.20. The van der Waals surface area contributed by atoms with E-state index in [4.69, 9.17) is 27.9 Å². The van der Waals surface area contributed by atoms with Gasteiger partial charge in [0, 0.05) is 16.1 Å². The number of nitrogens with zero attached hydrogens (tertiary/aromatic N) is 3. The third kappa shape index (κ3) is 6.36. The summed E-state index contributed by atoms with van der Waals surface area (Å²) in [4.78, 5) is 30.0. The van der Waals surface area contributed by atoms with Gasteiger partial charge in [-0.3, -0.25) is 9.59 Å². The van der Waals surface area contributed by atoms with Crippen molar-refractivity contribution in [3.63, 3.8) is 0 Å². The fourth-order valence-corrected chi connectivity index (χ4v) is 4.41. The van der Waals surface area contributed by atoms with Crippen LogP contribution >= 0.6 is 39.1 Å². The van der Waals surface area contributed by atoms with E-state index in [0.29, 0.717) is 28.0 Å². The molecule has 1 N–H and O–H groups in total. The van der Waals surface area contributed by atoms with Gasteiger partial charge in [-0.15, -0.1) is 0 Å². The number of hydrogen-bond acceptors (Lipinski definition) is 5. The first-order valence-corrected chi connectivity index (χ1v) is 12.6. The molecule has 0 saturated carbocycles. The molecule has 0 aliphatic carbocycles. The van der Waals surface area contributed by atoms with Crippen LogP contribution in [0.3, 0.4) is 0 Å². The van der Waals surface area contributed by atoms with Crippen molar-refractivity contribution in [2.24, 2.45) is 5.10 Å². The highest BCUT2D eigenvalue weighted by atomic mass is 79.9. The van der Waals surface area contributed by atoms with Crippen molar-refractivity contribution in [2.45, 2.75) is 19.8 Å². The molecule has 0 unspecified atom stereocenters. The standard InChI is InChI=1S/C26H20BrCl2FN4O3/c1-14(2)25-33-22-8-3-16(27)11-19(22)26(36)34(25)31-12-15-9-20(28)24(21(29)10-15)37-13-23(35)32-18-6-4-17(30)5-7-18/h3-12,14H,13H2,1-2H3,(H,32,35). The van der Waals surface area contributed by atoms with Crippen LogP contribution in [-0.2, 0) is 4.79 Å². The lowest BCUT2D eigenvalue weighted by molar-refractivity contribution is -0.118. The Balaban J connectivity index is 1.55. The average Bonchev–Trinajstić information content (AvgIpc) is 2.84. The largest absolute Gasteiger partial charge is 0.481 e. The molecule has 0 atom stereocenters. The lowest BCUT2D eigenvalue weighted by Crippen LogP contribution is -2.23. The number of aromatic nitrogens is 2. The van der Waals surface area contributed by atoms with Gasteiger partial charge in [0.15, 0.2) is 12.4 Å². The molecule has 0 fully saturated rings. The van der Waals surface area contributed by atoms with Crippen molar-refractivity contribution in [3.05, 3.63) is 96.7 Å². The normalized spacial score (nSPS) is 11.4. The summed E-state index contributed by atoms with van der Waals surface area (Å²) < 4.78 is 20.5. The first-order valence-electron chi connectivity index (χ1n) is 11.1. The Morgan fingerprint density at radius 3 is 2.49 bits per heavy atom. The molecule has 190 valence electrons. The minimum Gasteiger partial charge on any atom is -0.481 e. The van der Waals surface area contributed by atoms with Crippen LogP contribution in [0.25, 0.3) is 10.9 Å². The molecule has 1 aromatic heterocycles. The molecule has 1 amide bonds. The van der Waals surface area contributed by atoms with Crippen LogP contribution in [-0.4, -0.2) is 28.4 Å². The Kier molecular flexibility index (Phi) is 8.26. The fraction of sp³-hybridized carbons (Fsp3) is 0.154. The number of rotatable bonds is 7. The summed E-state index contributed by atoms with van der Waals surface area (Å²) in [5, 5.41) is 7.69. The van der Waals surface area contributed by atoms with Crippen LogP contribution in [0.4, 0.5) is 10.1 Å². The molecule has 0 aliphatic heterocycles. The molecular weight excluding hydrogens is 586 g/mol. The number of fused-ring (bicyclic) bond motifs is 1. The van der Waals surface area contributed by atoms with Gasteiger partial charge < -0.3 is 10.1 Å². The number of amides is 1. The van der Waals surface area contributed by atoms with Crippen molar-refractivity contribution in [1.29, 1.82) is 0 Å². The van der Waals surface area contributed by atoms with Gasteiger partial charge in [0.25, 0.3) is 11.5 Å². The van der Waals surface area contributed by atoms with Crippen LogP contribution in [0, 0.1) is 5.82 Å². The zero-order valence-corrected chi connectivity index (χ0v) is 22.7. The first-order chi connectivity index (χ1) is 17.6. The maximum Gasteiger partial charge on any atom is 0.282 e. The fourth-order valence-electron chi connectivity index (χ4n) is 3.44. The summed E-state index contributed by atoms with van der Waals surface area (Å²) in [6.07, 6.45) is 1.45. The van der Waals surface area contributed by atoms with Gasteiger partial charge in [-0.1, -0.05) is 53.0 Å². The Labute approximate surface area is 230 Å². The monoisotopic (exact) mass is 604 g/mol. The molecule has 4 aromatic rings. The van der Waals surface area contributed by atoms with E-state index in [1.165, 1.54) is 35.2 Å². The van der Waals surface area contributed by atoms with E-state index in [-0.39, 0.29) is 33.9 Å². The molecule has 11 heteroatoms. The van der Waals surface area contributed by atoms with Gasteiger partial charge >= 0.3 is 0 Å². The van der Waals surface area contributed by atoms with Gasteiger partial charge in [-0.05, 0) is 60.2 Å². The summed E-state index contributed by atoms with van der Waals surface area (Å²) in [5.74, 6) is -0.332. The lowest BCUT2D eigenvalue weighted by atomic mass is 10.2. The van der Waals surface area contributed by atoms with Gasteiger partial charge in [0.1, 0.15) is 11.6 Å². The van der Waals surface area contributed by atoms with Crippen molar-refractivity contribution < 1.29 is 13.9 Å². The smallest absolute Gasteiger partial charge is 0.282 e. The minimum atomic E-state index is -0.472. The molecule has 0 bridgehead atoms. The number of carbonyl (C=O) groups is 1. The average molecular weight is 606 g/mol. The Morgan fingerprint density at radius 2 is 1.84 bits per heavy atom. The quantitative estimate of drug-likeness (QED) is 0.240. The van der Waals surface area contributed by atoms with E-state index in [9.17, 15) is 14.0 Å². The highest BCUT2D eigenvalue weighted by Crippen LogP contribution is 2.34. The number of hydrogen-bond donors (Lipinski definition) is 1.